The molecule has 1 saturated carbocycles. The standard InChI is InChI=1S/C29H25ClN2O7/c1-17-4-13-22-23(15-17)28(36)32(27(22)35)31(26(34)19-5-9-20(30)10-6-19)16-24(33)18-7-11-21(12-8-18)39-29(37)25-3-2-14-38-25/h2-3,5-12,14,17,22-23H,4,13,15-16H2,1H3/t17-,22-,23+/m1/s1. The molecule has 1 aromatic heterocycles. The van der Waals surface area contributed by atoms with Crippen molar-refractivity contribution in [1.29, 1.82) is 0 Å². The van der Waals surface area contributed by atoms with Crippen LogP contribution < -0.4 is 4.74 Å². The maximum atomic E-state index is 13.6. The number of esters is 1. The average molecular weight is 549 g/mol. The molecular formula is C29H25ClN2O7. The van der Waals surface area contributed by atoms with Gasteiger partial charge >= 0.3 is 5.97 Å². The Kier molecular flexibility index (Phi) is 7.34. The molecular weight excluding hydrogens is 524 g/mol. The van der Waals surface area contributed by atoms with Gasteiger partial charge in [0.2, 0.25) is 5.76 Å². The van der Waals surface area contributed by atoms with Crippen LogP contribution in [0, 0.1) is 17.8 Å². The van der Waals surface area contributed by atoms with Crippen molar-refractivity contribution in [1.82, 2.24) is 10.0 Å². The second kappa shape index (κ2) is 10.9. The van der Waals surface area contributed by atoms with Gasteiger partial charge in [-0.05, 0) is 85.8 Å². The number of nitrogens with zero attached hydrogens (tertiary/aromatic N) is 2. The summed E-state index contributed by atoms with van der Waals surface area (Å²) in [4.78, 5) is 65.8. The third kappa shape index (κ3) is 5.35. The molecule has 5 rings (SSSR count). The number of Topliss-reactive ketones (excluding diaryl/α,β-unsaturated/α-hetero) is 1. The van der Waals surface area contributed by atoms with E-state index in [0.29, 0.717) is 17.9 Å². The lowest BCUT2D eigenvalue weighted by Crippen LogP contribution is -2.52. The van der Waals surface area contributed by atoms with E-state index in [2.05, 4.69) is 0 Å². The smallest absolute Gasteiger partial charge is 0.379 e. The van der Waals surface area contributed by atoms with Gasteiger partial charge in [-0.3, -0.25) is 19.2 Å². The van der Waals surface area contributed by atoms with E-state index >= 15 is 0 Å². The number of fused-ring (bicyclic) bond motifs is 1. The number of rotatable bonds is 7. The van der Waals surface area contributed by atoms with Gasteiger partial charge in [0, 0.05) is 16.1 Å². The van der Waals surface area contributed by atoms with E-state index in [0.717, 1.165) is 16.4 Å². The van der Waals surface area contributed by atoms with Crippen LogP contribution in [0.15, 0.2) is 71.3 Å². The van der Waals surface area contributed by atoms with Gasteiger partial charge in [0.15, 0.2) is 5.78 Å². The monoisotopic (exact) mass is 548 g/mol. The zero-order valence-electron chi connectivity index (χ0n) is 21.0. The molecule has 3 aromatic rings. The molecule has 3 amide bonds. The summed E-state index contributed by atoms with van der Waals surface area (Å²) in [7, 11) is 0. The maximum absolute atomic E-state index is 13.6. The molecule has 2 aromatic carbocycles. The van der Waals surface area contributed by atoms with Crippen LogP contribution in [0.5, 0.6) is 5.75 Å². The number of amides is 3. The number of hydrogen-bond acceptors (Lipinski definition) is 7. The summed E-state index contributed by atoms with van der Waals surface area (Å²) in [5.74, 6) is -3.33. The molecule has 0 unspecified atom stereocenters. The quantitative estimate of drug-likeness (QED) is 0.180. The summed E-state index contributed by atoms with van der Waals surface area (Å²) in [6.07, 6.45) is 3.28. The normalized spacial score (nSPS) is 20.5. The molecule has 0 N–H and O–H groups in total. The molecule has 10 heteroatoms. The number of imide groups is 1. The zero-order chi connectivity index (χ0) is 27.7. The number of carbonyl (C=O) groups excluding carboxylic acids is 5. The fourth-order valence-corrected chi connectivity index (χ4v) is 5.20. The Morgan fingerprint density at radius 3 is 2.28 bits per heavy atom. The third-order valence-electron chi connectivity index (χ3n) is 7.13. The van der Waals surface area contributed by atoms with Gasteiger partial charge < -0.3 is 9.15 Å². The first-order chi connectivity index (χ1) is 18.7. The van der Waals surface area contributed by atoms with Crippen molar-refractivity contribution >= 4 is 41.1 Å². The molecule has 2 heterocycles. The van der Waals surface area contributed by atoms with Crippen LogP contribution in [0.2, 0.25) is 5.02 Å². The van der Waals surface area contributed by atoms with E-state index in [9.17, 15) is 24.0 Å². The first-order valence-electron chi connectivity index (χ1n) is 12.6. The molecule has 39 heavy (non-hydrogen) atoms. The minimum atomic E-state index is -0.694. The first-order valence-corrected chi connectivity index (χ1v) is 12.9. The largest absolute Gasteiger partial charge is 0.457 e. The summed E-state index contributed by atoms with van der Waals surface area (Å²) < 4.78 is 10.2. The fraction of sp³-hybridized carbons (Fsp3) is 0.276. The van der Waals surface area contributed by atoms with E-state index < -0.39 is 47.9 Å². The van der Waals surface area contributed by atoms with Gasteiger partial charge in [0.25, 0.3) is 17.7 Å². The molecule has 1 aliphatic heterocycles. The van der Waals surface area contributed by atoms with Crippen molar-refractivity contribution in [2.45, 2.75) is 26.2 Å². The molecule has 3 atom stereocenters. The lowest BCUT2D eigenvalue weighted by Gasteiger charge is -2.30. The number of ether oxygens (including phenoxy) is 1. The Morgan fingerprint density at radius 1 is 0.949 bits per heavy atom. The zero-order valence-corrected chi connectivity index (χ0v) is 21.8. The molecule has 2 fully saturated rings. The Bertz CT molecular complexity index is 1420. The predicted molar refractivity (Wildman–Crippen MR) is 139 cm³/mol. The Balaban J connectivity index is 1.38. The SMILES string of the molecule is C[C@@H]1CC[C@H]2C(=O)N(N(CC(=O)c3ccc(OC(=O)c4ccco4)cc3)C(=O)c3ccc(Cl)cc3)C(=O)[C@H]2C1. The van der Waals surface area contributed by atoms with Crippen molar-refractivity contribution < 1.29 is 33.1 Å². The molecule has 1 saturated heterocycles. The highest BCUT2D eigenvalue weighted by Gasteiger charge is 2.52. The lowest BCUT2D eigenvalue weighted by atomic mass is 9.76. The molecule has 1 aliphatic carbocycles. The summed E-state index contributed by atoms with van der Waals surface area (Å²) >= 11 is 5.97. The van der Waals surface area contributed by atoms with Crippen molar-refractivity contribution in [3.8, 4) is 5.75 Å². The predicted octanol–water partition coefficient (Wildman–Crippen LogP) is 4.81. The molecule has 0 radical (unpaired) electrons. The molecule has 9 nitrogen and oxygen atoms in total. The van der Waals surface area contributed by atoms with Crippen molar-refractivity contribution in [3.05, 3.63) is 88.8 Å². The van der Waals surface area contributed by atoms with Crippen molar-refractivity contribution in [2.75, 3.05) is 6.54 Å². The lowest BCUT2D eigenvalue weighted by molar-refractivity contribution is -0.154. The Morgan fingerprint density at radius 2 is 1.62 bits per heavy atom. The van der Waals surface area contributed by atoms with Crippen LogP contribution in [0.25, 0.3) is 0 Å². The van der Waals surface area contributed by atoms with Crippen molar-refractivity contribution in [3.63, 3.8) is 0 Å². The van der Waals surface area contributed by atoms with Crippen LogP contribution in [0.3, 0.4) is 0 Å². The van der Waals surface area contributed by atoms with Crippen LogP contribution in [-0.2, 0) is 9.59 Å². The van der Waals surface area contributed by atoms with Gasteiger partial charge in [-0.2, -0.15) is 5.01 Å². The van der Waals surface area contributed by atoms with E-state index in [1.165, 1.54) is 60.9 Å². The number of hydrazine groups is 1. The van der Waals surface area contributed by atoms with Gasteiger partial charge in [-0.1, -0.05) is 18.5 Å². The minimum Gasteiger partial charge on any atom is -0.457 e. The number of halogens is 1. The molecule has 0 bridgehead atoms. The Labute approximate surface area is 229 Å². The number of carbonyl (C=O) groups is 5. The fourth-order valence-electron chi connectivity index (χ4n) is 5.07. The number of benzene rings is 2. The molecule has 200 valence electrons. The van der Waals surface area contributed by atoms with E-state index in [-0.39, 0.29) is 28.6 Å². The number of hydrogen-bond donors (Lipinski definition) is 0. The Hall–Kier alpha value is -4.24. The summed E-state index contributed by atoms with van der Waals surface area (Å²) in [6.45, 7) is 1.49. The van der Waals surface area contributed by atoms with Crippen molar-refractivity contribution in [2.24, 2.45) is 17.8 Å². The topological polar surface area (TPSA) is 114 Å². The average Bonchev–Trinajstić information content (AvgIpc) is 3.55. The van der Waals surface area contributed by atoms with E-state index in [4.69, 9.17) is 20.8 Å². The number of furan rings is 1. The maximum Gasteiger partial charge on any atom is 0.379 e. The van der Waals surface area contributed by atoms with Crippen LogP contribution in [-0.4, -0.2) is 46.0 Å². The second-order valence-electron chi connectivity index (χ2n) is 9.80. The van der Waals surface area contributed by atoms with Gasteiger partial charge in [0.1, 0.15) is 12.3 Å². The summed E-state index contributed by atoms with van der Waals surface area (Å²) in [5, 5.41) is 2.21. The second-order valence-corrected chi connectivity index (χ2v) is 10.2. The highest BCUT2D eigenvalue weighted by atomic mass is 35.5. The minimum absolute atomic E-state index is 0.0291. The van der Waals surface area contributed by atoms with E-state index in [1.54, 1.807) is 6.07 Å². The highest BCUT2D eigenvalue weighted by molar-refractivity contribution is 6.30. The number of ketones is 1. The highest BCUT2D eigenvalue weighted by Crippen LogP contribution is 2.41. The first kappa shape index (κ1) is 26.4. The van der Waals surface area contributed by atoms with Crippen LogP contribution >= 0.6 is 11.6 Å². The third-order valence-corrected chi connectivity index (χ3v) is 7.39. The van der Waals surface area contributed by atoms with E-state index in [1.807, 2.05) is 6.92 Å². The van der Waals surface area contributed by atoms with Gasteiger partial charge in [-0.25, -0.2) is 9.80 Å². The van der Waals surface area contributed by atoms with Crippen LogP contribution in [0.4, 0.5) is 0 Å². The van der Waals surface area contributed by atoms with Gasteiger partial charge in [-0.15, -0.1) is 0 Å². The van der Waals surface area contributed by atoms with Gasteiger partial charge in [0.05, 0.1) is 18.1 Å². The summed E-state index contributed by atoms with van der Waals surface area (Å²) in [6, 6.07) is 14.8. The summed E-state index contributed by atoms with van der Waals surface area (Å²) in [5.41, 5.74) is 0.378. The molecule has 0 spiro atoms. The molecule has 2 aliphatic rings. The van der Waals surface area contributed by atoms with Crippen LogP contribution in [0.1, 0.15) is 57.5 Å².